The van der Waals surface area contributed by atoms with Crippen molar-refractivity contribution in [3.63, 3.8) is 0 Å². The summed E-state index contributed by atoms with van der Waals surface area (Å²) in [4.78, 5) is 24.3. The van der Waals surface area contributed by atoms with E-state index in [2.05, 4.69) is 6.58 Å². The van der Waals surface area contributed by atoms with Crippen molar-refractivity contribution in [3.8, 4) is 11.5 Å². The second-order valence-electron chi connectivity index (χ2n) is 8.80. The molecule has 1 aromatic rings. The third kappa shape index (κ3) is 3.45. The molecule has 1 saturated carbocycles. The first-order valence-electron chi connectivity index (χ1n) is 10.5. The van der Waals surface area contributed by atoms with Gasteiger partial charge in [-0.05, 0) is 51.0 Å². The summed E-state index contributed by atoms with van der Waals surface area (Å²) in [7, 11) is 0. The van der Waals surface area contributed by atoms with E-state index in [0.29, 0.717) is 19.3 Å². The Morgan fingerprint density at radius 2 is 1.83 bits per heavy atom. The number of carboxylic acids is 2. The van der Waals surface area contributed by atoms with Crippen LogP contribution in [-0.2, 0) is 6.42 Å². The number of benzene rings is 1. The Hall–Kier alpha value is -2.54. The first-order valence-corrected chi connectivity index (χ1v) is 10.5. The SMILES string of the molecule is C=C(C)[C@@H]1CC[C@](C)(O)C2Oc3c(C(=O)O)c(CCCCC)c(C(=O)O)c(O)c3C21. The molecule has 4 atom stereocenters. The maximum absolute atomic E-state index is 12.2. The number of aromatic carboxylic acids is 2. The Bertz CT molecular complexity index is 900. The lowest BCUT2D eigenvalue weighted by Crippen LogP contribution is -2.50. The maximum Gasteiger partial charge on any atom is 0.339 e. The molecule has 0 aromatic heterocycles. The fraction of sp³-hybridized carbons (Fsp3) is 0.565. The zero-order valence-corrected chi connectivity index (χ0v) is 17.7. The molecule has 1 aromatic carbocycles. The van der Waals surface area contributed by atoms with Gasteiger partial charge in [0.1, 0.15) is 28.7 Å². The van der Waals surface area contributed by atoms with Gasteiger partial charge in [-0.3, -0.25) is 0 Å². The Kier molecular flexibility index (Phi) is 5.87. The van der Waals surface area contributed by atoms with E-state index < -0.39 is 35.3 Å². The summed E-state index contributed by atoms with van der Waals surface area (Å²) in [5.74, 6) is -3.88. The number of hydrogen-bond acceptors (Lipinski definition) is 5. The molecule has 0 amide bonds. The van der Waals surface area contributed by atoms with Crippen LogP contribution in [0.15, 0.2) is 12.2 Å². The van der Waals surface area contributed by atoms with Crippen molar-refractivity contribution in [1.82, 2.24) is 0 Å². The quantitative estimate of drug-likeness (QED) is 0.388. The number of carboxylic acid groups (broad SMARTS) is 2. The zero-order chi connectivity index (χ0) is 22.4. The molecule has 0 spiro atoms. The number of aromatic hydroxyl groups is 1. The van der Waals surface area contributed by atoms with Crippen molar-refractivity contribution < 1.29 is 34.8 Å². The van der Waals surface area contributed by atoms with Crippen LogP contribution in [0, 0.1) is 5.92 Å². The molecule has 7 heteroatoms. The van der Waals surface area contributed by atoms with Gasteiger partial charge in [-0.1, -0.05) is 31.9 Å². The van der Waals surface area contributed by atoms with Gasteiger partial charge >= 0.3 is 11.9 Å². The molecule has 3 rings (SSSR count). The van der Waals surface area contributed by atoms with E-state index in [1.165, 1.54) is 0 Å². The fourth-order valence-corrected chi connectivity index (χ4v) is 5.07. The highest BCUT2D eigenvalue weighted by atomic mass is 16.5. The number of carbonyl (C=O) groups is 2. The fourth-order valence-electron chi connectivity index (χ4n) is 5.07. The summed E-state index contributed by atoms with van der Waals surface area (Å²) in [6.07, 6.45) is 2.69. The minimum absolute atomic E-state index is 0.0140. The first-order chi connectivity index (χ1) is 14.0. The highest BCUT2D eigenvalue weighted by Gasteiger charge is 2.55. The molecule has 30 heavy (non-hydrogen) atoms. The van der Waals surface area contributed by atoms with Crippen LogP contribution < -0.4 is 4.74 Å². The Balaban J connectivity index is 2.31. The summed E-state index contributed by atoms with van der Waals surface area (Å²) >= 11 is 0. The van der Waals surface area contributed by atoms with Crippen LogP contribution >= 0.6 is 0 Å². The van der Waals surface area contributed by atoms with Crippen molar-refractivity contribution >= 4 is 11.9 Å². The van der Waals surface area contributed by atoms with Crippen molar-refractivity contribution in [3.05, 3.63) is 34.4 Å². The van der Waals surface area contributed by atoms with E-state index in [9.17, 15) is 30.0 Å². The molecule has 7 nitrogen and oxygen atoms in total. The molecule has 1 fully saturated rings. The van der Waals surface area contributed by atoms with Gasteiger partial charge in [-0.2, -0.15) is 0 Å². The van der Waals surface area contributed by atoms with Crippen LogP contribution in [0.3, 0.4) is 0 Å². The minimum Gasteiger partial charge on any atom is -0.507 e. The van der Waals surface area contributed by atoms with Gasteiger partial charge < -0.3 is 25.2 Å². The summed E-state index contributed by atoms with van der Waals surface area (Å²) in [5.41, 5.74) is -0.785. The summed E-state index contributed by atoms with van der Waals surface area (Å²) in [5, 5.41) is 41.9. The van der Waals surface area contributed by atoms with Crippen LogP contribution in [-0.4, -0.2) is 44.1 Å². The van der Waals surface area contributed by atoms with Gasteiger partial charge in [-0.15, -0.1) is 0 Å². The molecule has 1 aliphatic carbocycles. The highest BCUT2D eigenvalue weighted by molar-refractivity contribution is 6.02. The number of allylic oxidation sites excluding steroid dienone is 1. The normalized spacial score (nSPS) is 27.1. The second kappa shape index (κ2) is 7.95. The molecule has 164 valence electrons. The third-order valence-corrected chi connectivity index (χ3v) is 6.57. The Morgan fingerprint density at radius 1 is 1.20 bits per heavy atom. The summed E-state index contributed by atoms with van der Waals surface area (Å²) in [6.45, 7) is 9.48. The monoisotopic (exact) mass is 418 g/mol. The number of ether oxygens (including phenoxy) is 1. The number of unbranched alkanes of at least 4 members (excludes halogenated alkanes) is 2. The molecule has 2 aliphatic rings. The second-order valence-corrected chi connectivity index (χ2v) is 8.80. The first kappa shape index (κ1) is 22.2. The van der Waals surface area contributed by atoms with Crippen LogP contribution in [0.2, 0.25) is 0 Å². The van der Waals surface area contributed by atoms with E-state index in [1.807, 2.05) is 13.8 Å². The summed E-state index contributed by atoms with van der Waals surface area (Å²) < 4.78 is 6.04. The van der Waals surface area contributed by atoms with Gasteiger partial charge in [0.2, 0.25) is 0 Å². The lowest BCUT2D eigenvalue weighted by Gasteiger charge is -2.42. The molecular weight excluding hydrogens is 388 g/mol. The lowest BCUT2D eigenvalue weighted by atomic mass is 9.66. The third-order valence-electron chi connectivity index (χ3n) is 6.57. The smallest absolute Gasteiger partial charge is 0.339 e. The van der Waals surface area contributed by atoms with E-state index >= 15 is 0 Å². The van der Waals surface area contributed by atoms with Crippen LogP contribution in [0.4, 0.5) is 0 Å². The molecule has 0 saturated heterocycles. The number of hydrogen-bond donors (Lipinski definition) is 4. The number of fused-ring (bicyclic) bond motifs is 3. The topological polar surface area (TPSA) is 124 Å². The van der Waals surface area contributed by atoms with E-state index in [1.54, 1.807) is 6.92 Å². The predicted octanol–water partition coefficient (Wildman–Crippen LogP) is 4.10. The molecular formula is C23H30O7. The number of rotatable bonds is 7. The van der Waals surface area contributed by atoms with Crippen molar-refractivity contribution in [1.29, 1.82) is 0 Å². The standard InChI is InChI=1S/C23H30O7/c1-5-6-7-8-13-15(21(25)26)18(24)17-14-12(11(2)3)9-10-23(4,29)20(14)30-19(17)16(13)22(27)28/h12,14,20,24,29H,2,5-10H2,1,3-4H3,(H,25,26)(H,27,28)/t12-,14?,20?,23-/m0/s1. The zero-order valence-electron chi connectivity index (χ0n) is 17.7. The number of phenols is 1. The Labute approximate surface area is 176 Å². The van der Waals surface area contributed by atoms with Crippen LogP contribution in [0.5, 0.6) is 11.5 Å². The molecule has 4 N–H and O–H groups in total. The summed E-state index contributed by atoms with van der Waals surface area (Å²) in [6, 6.07) is 0. The molecule has 0 radical (unpaired) electrons. The van der Waals surface area contributed by atoms with Gasteiger partial charge in [0, 0.05) is 11.5 Å². The lowest BCUT2D eigenvalue weighted by molar-refractivity contribution is -0.0826. The van der Waals surface area contributed by atoms with Crippen molar-refractivity contribution in [2.75, 3.05) is 0 Å². The molecule has 2 unspecified atom stereocenters. The molecule has 1 aliphatic heterocycles. The predicted molar refractivity (Wildman–Crippen MR) is 111 cm³/mol. The van der Waals surface area contributed by atoms with Crippen molar-refractivity contribution in [2.45, 2.75) is 76.9 Å². The number of aliphatic hydroxyl groups is 1. The van der Waals surface area contributed by atoms with E-state index in [4.69, 9.17) is 4.74 Å². The van der Waals surface area contributed by atoms with Gasteiger partial charge in [0.15, 0.2) is 0 Å². The van der Waals surface area contributed by atoms with Crippen LogP contribution in [0.1, 0.15) is 90.6 Å². The van der Waals surface area contributed by atoms with Crippen molar-refractivity contribution in [2.24, 2.45) is 5.92 Å². The maximum atomic E-state index is 12.2. The van der Waals surface area contributed by atoms with Crippen LogP contribution in [0.25, 0.3) is 0 Å². The van der Waals surface area contributed by atoms with Gasteiger partial charge in [0.25, 0.3) is 0 Å². The molecule has 0 bridgehead atoms. The average Bonchev–Trinajstić information content (AvgIpc) is 3.03. The minimum atomic E-state index is -1.37. The highest BCUT2D eigenvalue weighted by Crippen LogP contribution is 2.58. The van der Waals surface area contributed by atoms with Gasteiger partial charge in [-0.25, -0.2) is 9.59 Å². The van der Waals surface area contributed by atoms with E-state index in [0.717, 1.165) is 18.4 Å². The largest absolute Gasteiger partial charge is 0.507 e. The van der Waals surface area contributed by atoms with E-state index in [-0.39, 0.29) is 40.3 Å². The van der Waals surface area contributed by atoms with Gasteiger partial charge in [0.05, 0.1) is 5.60 Å². The molecule has 1 heterocycles. The average molecular weight is 418 g/mol. The Morgan fingerprint density at radius 3 is 2.37 bits per heavy atom.